The van der Waals surface area contributed by atoms with Gasteiger partial charge in [-0.1, -0.05) is 30.3 Å². The smallest absolute Gasteiger partial charge is 0.323 e. The third kappa shape index (κ3) is 3.65. The summed E-state index contributed by atoms with van der Waals surface area (Å²) in [4.78, 5) is 15.8. The molecule has 1 aromatic carbocycles. The SMILES string of the molecule is N[C@@H](Cc1nccs1)C(=O)OCc1ccccc1. The molecule has 5 heteroatoms. The van der Waals surface area contributed by atoms with E-state index in [-0.39, 0.29) is 6.61 Å². The van der Waals surface area contributed by atoms with Gasteiger partial charge in [0.25, 0.3) is 0 Å². The molecule has 94 valence electrons. The van der Waals surface area contributed by atoms with Crippen molar-refractivity contribution in [1.82, 2.24) is 4.98 Å². The Morgan fingerprint density at radius 1 is 1.39 bits per heavy atom. The van der Waals surface area contributed by atoms with Gasteiger partial charge in [0.2, 0.25) is 0 Å². The van der Waals surface area contributed by atoms with Gasteiger partial charge in [0.1, 0.15) is 12.6 Å². The second kappa shape index (κ2) is 6.28. The second-order valence-electron chi connectivity index (χ2n) is 3.83. The lowest BCUT2D eigenvalue weighted by molar-refractivity contribution is -0.146. The van der Waals surface area contributed by atoms with Crippen LogP contribution in [0.15, 0.2) is 41.9 Å². The zero-order chi connectivity index (χ0) is 12.8. The fourth-order valence-electron chi connectivity index (χ4n) is 1.46. The molecular weight excluding hydrogens is 248 g/mol. The van der Waals surface area contributed by atoms with Gasteiger partial charge in [0, 0.05) is 18.0 Å². The lowest BCUT2D eigenvalue weighted by Gasteiger charge is -2.10. The topological polar surface area (TPSA) is 65.2 Å². The Balaban J connectivity index is 1.81. The summed E-state index contributed by atoms with van der Waals surface area (Å²) in [7, 11) is 0. The predicted octanol–water partition coefficient (Wildman–Crippen LogP) is 1.76. The maximum atomic E-state index is 11.7. The highest BCUT2D eigenvalue weighted by atomic mass is 32.1. The fourth-order valence-corrected chi connectivity index (χ4v) is 2.14. The van der Waals surface area contributed by atoms with Gasteiger partial charge in [0.15, 0.2) is 0 Å². The first-order chi connectivity index (χ1) is 8.75. The van der Waals surface area contributed by atoms with E-state index in [1.807, 2.05) is 35.7 Å². The standard InChI is InChI=1S/C13H14N2O2S/c14-11(8-12-15-6-7-18-12)13(16)17-9-10-4-2-1-3-5-10/h1-7,11H,8-9,14H2/t11-/m0/s1. The van der Waals surface area contributed by atoms with Crippen molar-refractivity contribution in [2.75, 3.05) is 0 Å². The molecular formula is C13H14N2O2S. The summed E-state index contributed by atoms with van der Waals surface area (Å²) in [5.74, 6) is -0.394. The van der Waals surface area contributed by atoms with Crippen LogP contribution in [0.1, 0.15) is 10.6 Å². The van der Waals surface area contributed by atoms with E-state index < -0.39 is 12.0 Å². The minimum absolute atomic E-state index is 0.255. The Labute approximate surface area is 109 Å². The zero-order valence-electron chi connectivity index (χ0n) is 9.78. The van der Waals surface area contributed by atoms with E-state index in [1.165, 1.54) is 11.3 Å². The lowest BCUT2D eigenvalue weighted by atomic mass is 10.2. The van der Waals surface area contributed by atoms with Crippen molar-refractivity contribution in [2.24, 2.45) is 5.73 Å². The van der Waals surface area contributed by atoms with Crippen LogP contribution in [0, 0.1) is 0 Å². The first kappa shape index (κ1) is 12.7. The van der Waals surface area contributed by atoms with Crippen LogP contribution >= 0.6 is 11.3 Å². The number of carbonyl (C=O) groups excluding carboxylic acids is 1. The molecule has 1 aromatic heterocycles. The number of rotatable bonds is 5. The van der Waals surface area contributed by atoms with Gasteiger partial charge in [-0.3, -0.25) is 4.79 Å². The highest BCUT2D eigenvalue weighted by Crippen LogP contribution is 2.08. The molecule has 0 radical (unpaired) electrons. The number of hydrogen-bond donors (Lipinski definition) is 1. The Morgan fingerprint density at radius 3 is 2.83 bits per heavy atom. The van der Waals surface area contributed by atoms with Crippen LogP contribution in [-0.2, 0) is 22.6 Å². The fraction of sp³-hybridized carbons (Fsp3) is 0.231. The van der Waals surface area contributed by atoms with Crippen LogP contribution in [-0.4, -0.2) is 17.0 Å². The Hall–Kier alpha value is -1.72. The summed E-state index contributed by atoms with van der Waals surface area (Å²) in [6, 6.07) is 8.87. The van der Waals surface area contributed by atoms with Crippen LogP contribution in [0.2, 0.25) is 0 Å². The highest BCUT2D eigenvalue weighted by molar-refractivity contribution is 7.09. The summed E-state index contributed by atoms with van der Waals surface area (Å²) < 4.78 is 5.15. The Kier molecular flexibility index (Phi) is 4.44. The number of ether oxygens (including phenoxy) is 1. The van der Waals surface area contributed by atoms with E-state index in [4.69, 9.17) is 10.5 Å². The molecule has 2 N–H and O–H groups in total. The third-order valence-electron chi connectivity index (χ3n) is 2.40. The van der Waals surface area contributed by atoms with Crippen molar-refractivity contribution in [1.29, 1.82) is 0 Å². The molecule has 0 spiro atoms. The maximum absolute atomic E-state index is 11.7. The highest BCUT2D eigenvalue weighted by Gasteiger charge is 2.16. The van der Waals surface area contributed by atoms with Crippen LogP contribution < -0.4 is 5.73 Å². The number of hydrogen-bond acceptors (Lipinski definition) is 5. The number of aromatic nitrogens is 1. The zero-order valence-corrected chi connectivity index (χ0v) is 10.6. The molecule has 2 rings (SSSR count). The van der Waals surface area contributed by atoms with E-state index >= 15 is 0 Å². The van der Waals surface area contributed by atoms with E-state index in [0.29, 0.717) is 6.42 Å². The van der Waals surface area contributed by atoms with Crippen molar-refractivity contribution < 1.29 is 9.53 Å². The normalized spacial score (nSPS) is 12.1. The molecule has 0 aliphatic heterocycles. The summed E-state index contributed by atoms with van der Waals surface area (Å²) in [6.07, 6.45) is 2.12. The largest absolute Gasteiger partial charge is 0.460 e. The van der Waals surface area contributed by atoms with Crippen LogP contribution in [0.25, 0.3) is 0 Å². The van der Waals surface area contributed by atoms with Gasteiger partial charge in [-0.15, -0.1) is 11.3 Å². The molecule has 0 bridgehead atoms. The average Bonchev–Trinajstić information content (AvgIpc) is 2.90. The second-order valence-corrected chi connectivity index (χ2v) is 4.81. The number of nitrogens with zero attached hydrogens (tertiary/aromatic N) is 1. The first-order valence-electron chi connectivity index (χ1n) is 5.60. The van der Waals surface area contributed by atoms with Crippen LogP contribution in [0.5, 0.6) is 0 Å². The van der Waals surface area contributed by atoms with Crippen molar-refractivity contribution in [3.05, 3.63) is 52.5 Å². The Morgan fingerprint density at radius 2 is 2.17 bits per heavy atom. The van der Waals surface area contributed by atoms with Gasteiger partial charge in [0.05, 0.1) is 5.01 Å². The quantitative estimate of drug-likeness (QED) is 0.834. The molecule has 0 saturated heterocycles. The molecule has 1 atom stereocenters. The first-order valence-corrected chi connectivity index (χ1v) is 6.48. The molecule has 0 amide bonds. The molecule has 4 nitrogen and oxygen atoms in total. The number of esters is 1. The van der Waals surface area contributed by atoms with Gasteiger partial charge >= 0.3 is 5.97 Å². The number of thiazole rings is 1. The molecule has 0 aliphatic carbocycles. The van der Waals surface area contributed by atoms with Crippen molar-refractivity contribution in [2.45, 2.75) is 19.1 Å². The van der Waals surface area contributed by atoms with E-state index in [9.17, 15) is 4.79 Å². The van der Waals surface area contributed by atoms with Crippen molar-refractivity contribution in [3.63, 3.8) is 0 Å². The number of nitrogens with two attached hydrogens (primary N) is 1. The molecule has 1 heterocycles. The molecule has 2 aromatic rings. The average molecular weight is 262 g/mol. The Bertz CT molecular complexity index is 485. The molecule has 18 heavy (non-hydrogen) atoms. The summed E-state index contributed by atoms with van der Waals surface area (Å²) >= 11 is 1.48. The van der Waals surface area contributed by atoms with Gasteiger partial charge in [-0.25, -0.2) is 4.98 Å². The van der Waals surface area contributed by atoms with Crippen molar-refractivity contribution >= 4 is 17.3 Å². The van der Waals surface area contributed by atoms with E-state index in [2.05, 4.69) is 4.98 Å². The number of benzene rings is 1. The minimum Gasteiger partial charge on any atom is -0.460 e. The maximum Gasteiger partial charge on any atom is 0.323 e. The molecule has 0 unspecified atom stereocenters. The van der Waals surface area contributed by atoms with Gasteiger partial charge in [-0.2, -0.15) is 0 Å². The van der Waals surface area contributed by atoms with Gasteiger partial charge in [-0.05, 0) is 5.56 Å². The van der Waals surface area contributed by atoms with E-state index in [1.54, 1.807) is 6.20 Å². The molecule has 0 fully saturated rings. The monoisotopic (exact) mass is 262 g/mol. The van der Waals surface area contributed by atoms with Crippen LogP contribution in [0.4, 0.5) is 0 Å². The van der Waals surface area contributed by atoms with Gasteiger partial charge < -0.3 is 10.5 Å². The number of carbonyl (C=O) groups is 1. The van der Waals surface area contributed by atoms with E-state index in [0.717, 1.165) is 10.6 Å². The minimum atomic E-state index is -0.653. The van der Waals surface area contributed by atoms with Crippen molar-refractivity contribution in [3.8, 4) is 0 Å². The van der Waals surface area contributed by atoms with Crippen LogP contribution in [0.3, 0.4) is 0 Å². The predicted molar refractivity (Wildman–Crippen MR) is 70.0 cm³/mol. The molecule has 0 saturated carbocycles. The molecule has 0 aliphatic rings. The third-order valence-corrected chi connectivity index (χ3v) is 3.21. The summed E-state index contributed by atoms with van der Waals surface area (Å²) in [5.41, 5.74) is 6.72. The lowest BCUT2D eigenvalue weighted by Crippen LogP contribution is -2.34. The summed E-state index contributed by atoms with van der Waals surface area (Å²) in [5, 5.41) is 2.70. The summed E-state index contributed by atoms with van der Waals surface area (Å²) in [6.45, 7) is 0.255.